The zero-order valence-corrected chi connectivity index (χ0v) is 16.6. The average molecular weight is 408 g/mol. The third-order valence-corrected chi connectivity index (χ3v) is 4.85. The van der Waals surface area contributed by atoms with Crippen molar-refractivity contribution in [1.82, 2.24) is 9.78 Å². The molecule has 8 heteroatoms. The van der Waals surface area contributed by atoms with Crippen LogP contribution in [0.5, 0.6) is 0 Å². The van der Waals surface area contributed by atoms with Crippen LogP contribution in [0.15, 0.2) is 54.7 Å². The van der Waals surface area contributed by atoms with E-state index in [1.807, 2.05) is 13.8 Å². The van der Waals surface area contributed by atoms with Crippen molar-refractivity contribution >= 4 is 23.4 Å². The zero-order valence-electron chi connectivity index (χ0n) is 16.6. The molecule has 0 radical (unpaired) electrons. The molecule has 0 unspecified atom stereocenters. The van der Waals surface area contributed by atoms with Gasteiger partial charge in [-0.05, 0) is 48.4 Å². The van der Waals surface area contributed by atoms with Gasteiger partial charge in [0.05, 0.1) is 29.7 Å². The van der Waals surface area contributed by atoms with E-state index >= 15 is 0 Å². The number of ether oxygens (including phenoxy) is 1. The Hall–Kier alpha value is -3.68. The summed E-state index contributed by atoms with van der Waals surface area (Å²) >= 11 is 0. The summed E-state index contributed by atoms with van der Waals surface area (Å²) in [4.78, 5) is 26.3. The van der Waals surface area contributed by atoms with Crippen LogP contribution in [-0.4, -0.2) is 34.9 Å². The Bertz CT molecular complexity index is 1090. The van der Waals surface area contributed by atoms with Crippen LogP contribution in [0.2, 0.25) is 0 Å². The average Bonchev–Trinajstić information content (AvgIpc) is 3.35. The minimum Gasteiger partial charge on any atom is -0.447 e. The summed E-state index contributed by atoms with van der Waals surface area (Å²) in [5.74, 6) is -0.644. The SMILES string of the molecule is CC(C)c1c(C(=O)Nc2cccc(N3CCOC3=O)c2)cnn1-c1ccc(F)cc1. The lowest BCUT2D eigenvalue weighted by atomic mass is 10.0. The summed E-state index contributed by atoms with van der Waals surface area (Å²) < 4.78 is 19.9. The van der Waals surface area contributed by atoms with Gasteiger partial charge in [-0.15, -0.1) is 0 Å². The number of hydrogen-bond donors (Lipinski definition) is 1. The minimum absolute atomic E-state index is 0.00371. The molecule has 0 spiro atoms. The first-order valence-electron chi connectivity index (χ1n) is 9.63. The molecular weight excluding hydrogens is 387 g/mol. The van der Waals surface area contributed by atoms with Crippen molar-refractivity contribution in [3.8, 4) is 5.69 Å². The summed E-state index contributed by atoms with van der Waals surface area (Å²) in [5.41, 5.74) is 3.04. The fraction of sp³-hybridized carbons (Fsp3) is 0.227. The predicted molar refractivity (Wildman–Crippen MR) is 111 cm³/mol. The smallest absolute Gasteiger partial charge is 0.414 e. The maximum atomic E-state index is 13.3. The van der Waals surface area contributed by atoms with Crippen LogP contribution in [0.3, 0.4) is 0 Å². The maximum absolute atomic E-state index is 13.3. The van der Waals surface area contributed by atoms with E-state index in [4.69, 9.17) is 4.74 Å². The van der Waals surface area contributed by atoms with Gasteiger partial charge in [0.15, 0.2) is 0 Å². The molecule has 0 atom stereocenters. The second kappa shape index (κ2) is 7.98. The van der Waals surface area contributed by atoms with E-state index < -0.39 is 6.09 Å². The van der Waals surface area contributed by atoms with Crippen LogP contribution in [0, 0.1) is 5.82 Å². The Kier molecular flexibility index (Phi) is 5.22. The van der Waals surface area contributed by atoms with Crippen molar-refractivity contribution in [2.45, 2.75) is 19.8 Å². The molecule has 2 heterocycles. The van der Waals surface area contributed by atoms with E-state index in [1.165, 1.54) is 23.2 Å². The van der Waals surface area contributed by atoms with Gasteiger partial charge in [-0.3, -0.25) is 9.69 Å². The molecule has 7 nitrogen and oxygen atoms in total. The summed E-state index contributed by atoms with van der Waals surface area (Å²) in [6.45, 7) is 4.74. The Morgan fingerprint density at radius 1 is 1.17 bits per heavy atom. The normalized spacial score (nSPS) is 13.6. The summed E-state index contributed by atoms with van der Waals surface area (Å²) in [5, 5.41) is 7.23. The zero-order chi connectivity index (χ0) is 21.3. The fourth-order valence-corrected chi connectivity index (χ4v) is 3.45. The fourth-order valence-electron chi connectivity index (χ4n) is 3.45. The molecule has 1 saturated heterocycles. The van der Waals surface area contributed by atoms with Gasteiger partial charge in [-0.25, -0.2) is 13.9 Å². The summed E-state index contributed by atoms with van der Waals surface area (Å²) in [7, 11) is 0. The van der Waals surface area contributed by atoms with Gasteiger partial charge in [-0.2, -0.15) is 5.10 Å². The molecule has 2 aromatic carbocycles. The largest absolute Gasteiger partial charge is 0.447 e. The number of hydrogen-bond acceptors (Lipinski definition) is 4. The standard InChI is InChI=1S/C22H21FN4O3/c1-14(2)20-19(13-24-27(20)17-8-6-15(23)7-9-17)21(28)25-16-4-3-5-18(12-16)26-10-11-30-22(26)29/h3-9,12-14H,10-11H2,1-2H3,(H,25,28). The first-order chi connectivity index (χ1) is 14.4. The van der Waals surface area contributed by atoms with E-state index in [9.17, 15) is 14.0 Å². The first kappa shape index (κ1) is 19.6. The van der Waals surface area contributed by atoms with Gasteiger partial charge >= 0.3 is 6.09 Å². The number of amides is 2. The molecule has 2 amide bonds. The summed E-state index contributed by atoms with van der Waals surface area (Å²) in [6.07, 6.45) is 1.11. The molecule has 1 aromatic heterocycles. The number of carbonyl (C=O) groups is 2. The Morgan fingerprint density at radius 2 is 1.93 bits per heavy atom. The minimum atomic E-state index is -0.402. The second-order valence-electron chi connectivity index (χ2n) is 7.26. The number of anilines is 2. The lowest BCUT2D eigenvalue weighted by Gasteiger charge is -2.15. The van der Waals surface area contributed by atoms with Crippen molar-refractivity contribution in [2.24, 2.45) is 0 Å². The molecule has 1 N–H and O–H groups in total. The highest BCUT2D eigenvalue weighted by Crippen LogP contribution is 2.26. The Labute approximate surface area is 173 Å². The van der Waals surface area contributed by atoms with Crippen molar-refractivity contribution < 1.29 is 18.7 Å². The van der Waals surface area contributed by atoms with Gasteiger partial charge in [0.2, 0.25) is 0 Å². The van der Waals surface area contributed by atoms with Gasteiger partial charge in [0.1, 0.15) is 12.4 Å². The first-order valence-corrected chi connectivity index (χ1v) is 9.63. The quantitative estimate of drug-likeness (QED) is 0.681. The molecule has 4 rings (SSSR count). The number of nitrogens with one attached hydrogen (secondary N) is 1. The van der Waals surface area contributed by atoms with Crippen LogP contribution in [-0.2, 0) is 4.74 Å². The molecule has 1 aliphatic rings. The van der Waals surface area contributed by atoms with Crippen molar-refractivity contribution in [1.29, 1.82) is 0 Å². The predicted octanol–water partition coefficient (Wildman–Crippen LogP) is 4.34. The number of rotatable bonds is 5. The number of benzene rings is 2. The Morgan fingerprint density at radius 3 is 2.60 bits per heavy atom. The lowest BCUT2D eigenvalue weighted by Crippen LogP contribution is -2.23. The molecule has 0 saturated carbocycles. The van der Waals surface area contributed by atoms with E-state index in [1.54, 1.807) is 41.1 Å². The number of carbonyl (C=O) groups excluding carboxylic acids is 2. The van der Waals surface area contributed by atoms with Crippen LogP contribution in [0.25, 0.3) is 5.69 Å². The van der Waals surface area contributed by atoms with E-state index in [0.717, 1.165) is 5.69 Å². The number of halogens is 1. The Balaban J connectivity index is 1.61. The third kappa shape index (κ3) is 3.76. The van der Waals surface area contributed by atoms with Crippen molar-refractivity contribution in [3.05, 3.63) is 71.8 Å². The number of nitrogens with zero attached hydrogens (tertiary/aromatic N) is 3. The monoisotopic (exact) mass is 408 g/mol. The molecular formula is C22H21FN4O3. The van der Waals surface area contributed by atoms with E-state index in [-0.39, 0.29) is 17.6 Å². The summed E-state index contributed by atoms with van der Waals surface area (Å²) in [6, 6.07) is 13.0. The number of cyclic esters (lactones) is 1. The molecule has 1 fully saturated rings. The van der Waals surface area contributed by atoms with Crippen LogP contribution in [0.4, 0.5) is 20.6 Å². The van der Waals surface area contributed by atoms with Gasteiger partial charge in [0.25, 0.3) is 5.91 Å². The highest BCUT2D eigenvalue weighted by molar-refractivity contribution is 6.05. The van der Waals surface area contributed by atoms with Crippen molar-refractivity contribution in [3.63, 3.8) is 0 Å². The highest BCUT2D eigenvalue weighted by atomic mass is 19.1. The van der Waals surface area contributed by atoms with Gasteiger partial charge in [0, 0.05) is 11.4 Å². The second-order valence-corrected chi connectivity index (χ2v) is 7.26. The molecule has 1 aliphatic heterocycles. The maximum Gasteiger partial charge on any atom is 0.414 e. The lowest BCUT2D eigenvalue weighted by molar-refractivity contribution is 0.102. The van der Waals surface area contributed by atoms with Crippen LogP contribution in [0.1, 0.15) is 35.8 Å². The van der Waals surface area contributed by atoms with Crippen LogP contribution < -0.4 is 10.2 Å². The highest BCUT2D eigenvalue weighted by Gasteiger charge is 2.24. The third-order valence-electron chi connectivity index (χ3n) is 4.85. The van der Waals surface area contributed by atoms with E-state index in [0.29, 0.717) is 35.8 Å². The van der Waals surface area contributed by atoms with E-state index in [2.05, 4.69) is 10.4 Å². The molecule has 154 valence electrons. The van der Waals surface area contributed by atoms with Crippen LogP contribution >= 0.6 is 0 Å². The van der Waals surface area contributed by atoms with Crippen molar-refractivity contribution in [2.75, 3.05) is 23.4 Å². The van der Waals surface area contributed by atoms with Gasteiger partial charge in [-0.1, -0.05) is 19.9 Å². The molecule has 3 aromatic rings. The number of aromatic nitrogens is 2. The topological polar surface area (TPSA) is 76.5 Å². The molecule has 0 bridgehead atoms. The van der Waals surface area contributed by atoms with Gasteiger partial charge < -0.3 is 10.1 Å². The molecule has 30 heavy (non-hydrogen) atoms. The molecule has 0 aliphatic carbocycles.